The van der Waals surface area contributed by atoms with Gasteiger partial charge < -0.3 is 5.11 Å². The average Bonchev–Trinajstić information content (AvgIpc) is 2.09. The Labute approximate surface area is 64.0 Å². The standard InChI is InChI=1S/C7H7NO2/c9-7(10)5-6-1-3-8-4-2-6/h1-4H,5H2,(H,9,10)/i1D,2D,3D,4D. The molecule has 1 aromatic rings. The van der Waals surface area contributed by atoms with Gasteiger partial charge in [-0.3, -0.25) is 9.78 Å². The van der Waals surface area contributed by atoms with E-state index in [0.717, 1.165) is 0 Å². The molecule has 1 N–H and O–H groups in total. The van der Waals surface area contributed by atoms with Gasteiger partial charge in [0.2, 0.25) is 0 Å². The second-order valence-electron chi connectivity index (χ2n) is 1.63. The van der Waals surface area contributed by atoms with Gasteiger partial charge in [-0.05, 0) is 17.6 Å². The molecule has 1 aromatic heterocycles. The van der Waals surface area contributed by atoms with E-state index in [1.165, 1.54) is 0 Å². The SMILES string of the molecule is [2H]c1nc([2H])c([2H])c(CC(=O)O)c1[2H]. The molecule has 10 heavy (non-hydrogen) atoms. The molecule has 0 aromatic carbocycles. The molecule has 0 atom stereocenters. The lowest BCUT2D eigenvalue weighted by atomic mass is 10.2. The van der Waals surface area contributed by atoms with Gasteiger partial charge in [0.05, 0.1) is 11.9 Å². The zero-order valence-electron chi connectivity index (χ0n) is 9.01. The maximum absolute atomic E-state index is 10.4. The van der Waals surface area contributed by atoms with Crippen LogP contribution < -0.4 is 0 Å². The number of hydrogen-bond donors (Lipinski definition) is 1. The van der Waals surface area contributed by atoms with Crippen LogP contribution in [-0.2, 0) is 11.2 Å². The summed E-state index contributed by atoms with van der Waals surface area (Å²) in [6, 6.07) is -0.790. The van der Waals surface area contributed by atoms with E-state index in [2.05, 4.69) is 4.98 Å². The number of pyridine rings is 1. The lowest BCUT2D eigenvalue weighted by Crippen LogP contribution is -1.99. The Morgan fingerprint density at radius 2 is 2.30 bits per heavy atom. The maximum Gasteiger partial charge on any atom is 0.307 e. The Kier molecular flexibility index (Phi) is 0.931. The van der Waals surface area contributed by atoms with Crippen LogP contribution in [0.5, 0.6) is 0 Å². The monoisotopic (exact) mass is 141 g/mol. The van der Waals surface area contributed by atoms with Gasteiger partial charge in [0.25, 0.3) is 0 Å². The summed E-state index contributed by atoms with van der Waals surface area (Å²) in [7, 11) is 0. The summed E-state index contributed by atoms with van der Waals surface area (Å²) in [4.78, 5) is 13.7. The quantitative estimate of drug-likeness (QED) is 0.659. The molecular formula is C7H7NO2. The number of hydrogen-bond acceptors (Lipinski definition) is 2. The zero-order chi connectivity index (χ0) is 10.9. The van der Waals surface area contributed by atoms with Gasteiger partial charge in [0.15, 0.2) is 0 Å². The first-order valence-corrected chi connectivity index (χ1v) is 2.58. The molecule has 0 radical (unpaired) electrons. The van der Waals surface area contributed by atoms with Crippen LogP contribution in [0.4, 0.5) is 0 Å². The third-order valence-corrected chi connectivity index (χ3v) is 0.853. The van der Waals surface area contributed by atoms with E-state index in [1.54, 1.807) is 0 Å². The first-order chi connectivity index (χ1) is 6.43. The molecule has 0 amide bonds. The summed E-state index contributed by atoms with van der Waals surface area (Å²) in [6.07, 6.45) is -1.47. The molecule has 0 aliphatic heterocycles. The Hall–Kier alpha value is -1.38. The van der Waals surface area contributed by atoms with E-state index in [9.17, 15) is 4.79 Å². The molecule has 0 saturated carbocycles. The molecule has 3 nitrogen and oxygen atoms in total. The maximum atomic E-state index is 10.4. The topological polar surface area (TPSA) is 50.2 Å². The first kappa shape index (κ1) is 3.14. The van der Waals surface area contributed by atoms with E-state index >= 15 is 0 Å². The fourth-order valence-electron chi connectivity index (χ4n) is 0.490. The number of carbonyl (C=O) groups is 1. The van der Waals surface area contributed by atoms with Crippen molar-refractivity contribution < 1.29 is 15.4 Å². The molecule has 1 rings (SSSR count). The molecule has 0 saturated heterocycles. The van der Waals surface area contributed by atoms with Crippen molar-refractivity contribution in [3.8, 4) is 0 Å². The van der Waals surface area contributed by atoms with Gasteiger partial charge in [-0.15, -0.1) is 0 Å². The minimum Gasteiger partial charge on any atom is -0.481 e. The first-order valence-electron chi connectivity index (χ1n) is 4.58. The molecule has 0 bridgehead atoms. The van der Waals surface area contributed by atoms with Crippen molar-refractivity contribution in [3.05, 3.63) is 30.0 Å². The van der Waals surface area contributed by atoms with Crippen LogP contribution >= 0.6 is 0 Å². The van der Waals surface area contributed by atoms with E-state index in [4.69, 9.17) is 10.6 Å². The molecule has 1 heterocycles. The van der Waals surface area contributed by atoms with Crippen molar-refractivity contribution in [2.75, 3.05) is 0 Å². The summed E-state index contributed by atoms with van der Waals surface area (Å²) < 4.78 is 28.9. The number of nitrogens with zero attached hydrogens (tertiary/aromatic N) is 1. The smallest absolute Gasteiger partial charge is 0.307 e. The molecule has 0 aliphatic carbocycles. The highest BCUT2D eigenvalue weighted by atomic mass is 16.4. The van der Waals surface area contributed by atoms with E-state index in [-0.39, 0.29) is 5.56 Å². The van der Waals surface area contributed by atoms with Gasteiger partial charge in [-0.25, -0.2) is 0 Å². The number of aromatic nitrogens is 1. The summed E-state index contributed by atoms with van der Waals surface area (Å²) >= 11 is 0. The van der Waals surface area contributed by atoms with Crippen LogP contribution in [0.3, 0.4) is 0 Å². The molecule has 52 valence electrons. The lowest BCUT2D eigenvalue weighted by Gasteiger charge is -1.92. The van der Waals surface area contributed by atoms with Crippen LogP contribution in [0, 0.1) is 0 Å². The lowest BCUT2D eigenvalue weighted by molar-refractivity contribution is -0.136. The van der Waals surface area contributed by atoms with Gasteiger partial charge in [0, 0.05) is 12.3 Å². The van der Waals surface area contributed by atoms with Crippen molar-refractivity contribution >= 4 is 5.97 Å². The van der Waals surface area contributed by atoms with Crippen LogP contribution in [0.15, 0.2) is 24.4 Å². The molecule has 0 aliphatic rings. The Morgan fingerprint density at radius 1 is 1.70 bits per heavy atom. The third-order valence-electron chi connectivity index (χ3n) is 0.853. The Balaban J connectivity index is 3.31. The van der Waals surface area contributed by atoms with E-state index < -0.39 is 36.8 Å². The summed E-state index contributed by atoms with van der Waals surface area (Å²) in [5.74, 6) is -1.20. The van der Waals surface area contributed by atoms with Crippen LogP contribution in [0.1, 0.15) is 11.0 Å². The molecule has 0 unspecified atom stereocenters. The molecular weight excluding hydrogens is 130 g/mol. The van der Waals surface area contributed by atoms with Gasteiger partial charge in [-0.2, -0.15) is 0 Å². The number of rotatable bonds is 2. The minimum atomic E-state index is -1.20. The van der Waals surface area contributed by atoms with Crippen LogP contribution in [0.25, 0.3) is 0 Å². The second-order valence-corrected chi connectivity index (χ2v) is 1.63. The van der Waals surface area contributed by atoms with Gasteiger partial charge in [-0.1, -0.05) is 0 Å². The fraction of sp³-hybridized carbons (Fsp3) is 0.143. The number of carboxylic acid groups (broad SMARTS) is 1. The second kappa shape index (κ2) is 2.96. The van der Waals surface area contributed by atoms with Crippen molar-refractivity contribution in [2.24, 2.45) is 0 Å². The van der Waals surface area contributed by atoms with Crippen LogP contribution in [-0.4, -0.2) is 16.1 Å². The highest BCUT2D eigenvalue weighted by molar-refractivity contribution is 5.69. The normalized spacial score (nSPS) is 14.8. The highest BCUT2D eigenvalue weighted by Crippen LogP contribution is 1.96. The third kappa shape index (κ3) is 1.85. The van der Waals surface area contributed by atoms with Crippen molar-refractivity contribution in [1.82, 2.24) is 4.98 Å². The van der Waals surface area contributed by atoms with Crippen molar-refractivity contribution in [3.63, 3.8) is 0 Å². The predicted molar refractivity (Wildman–Crippen MR) is 35.6 cm³/mol. The highest BCUT2D eigenvalue weighted by Gasteiger charge is 1.96. The number of aliphatic carboxylic acids is 1. The average molecular weight is 141 g/mol. The Morgan fingerprint density at radius 3 is 2.80 bits per heavy atom. The zero-order valence-corrected chi connectivity index (χ0v) is 5.01. The summed E-state index contributed by atoms with van der Waals surface area (Å²) in [5, 5.41) is 8.49. The van der Waals surface area contributed by atoms with E-state index in [0.29, 0.717) is 0 Å². The fourth-order valence-corrected chi connectivity index (χ4v) is 0.490. The summed E-state index contributed by atoms with van der Waals surface area (Å²) in [6.45, 7) is 0. The van der Waals surface area contributed by atoms with Crippen LogP contribution in [0.2, 0.25) is 0 Å². The summed E-state index contributed by atoms with van der Waals surface area (Å²) in [5.41, 5.74) is -0.137. The Bertz CT molecular complexity index is 368. The predicted octanol–water partition coefficient (Wildman–Crippen LogP) is 0.709. The van der Waals surface area contributed by atoms with E-state index in [1.807, 2.05) is 0 Å². The van der Waals surface area contributed by atoms with Gasteiger partial charge >= 0.3 is 5.97 Å². The molecule has 3 heteroatoms. The van der Waals surface area contributed by atoms with Gasteiger partial charge in [0.1, 0.15) is 0 Å². The van der Waals surface area contributed by atoms with Crippen molar-refractivity contribution in [1.29, 1.82) is 0 Å². The molecule has 0 spiro atoms. The minimum absolute atomic E-state index is 0.137. The van der Waals surface area contributed by atoms with Crippen molar-refractivity contribution in [2.45, 2.75) is 6.42 Å². The molecule has 0 fully saturated rings. The largest absolute Gasteiger partial charge is 0.481 e. The number of carboxylic acids is 1.